The molecular weight excluding hydrogens is 360 g/mol. The van der Waals surface area contributed by atoms with E-state index in [9.17, 15) is 27.2 Å². The van der Waals surface area contributed by atoms with E-state index >= 15 is 0 Å². The van der Waals surface area contributed by atoms with E-state index in [1.165, 1.54) is 7.11 Å². The molecule has 0 heterocycles. The number of hydrogen-bond acceptors (Lipinski definition) is 5. The Morgan fingerprint density at radius 3 is 2.38 bits per heavy atom. The summed E-state index contributed by atoms with van der Waals surface area (Å²) >= 11 is 0. The molecule has 1 aromatic carbocycles. The molecular formula is C17H20F4O5. The van der Waals surface area contributed by atoms with E-state index in [0.717, 1.165) is 25.1 Å². The lowest BCUT2D eigenvalue weighted by atomic mass is 10.1. The number of carbonyl (C=O) groups excluding carboxylic acids is 2. The van der Waals surface area contributed by atoms with E-state index in [-0.39, 0.29) is 12.2 Å². The van der Waals surface area contributed by atoms with Gasteiger partial charge in [0.25, 0.3) is 0 Å². The van der Waals surface area contributed by atoms with Gasteiger partial charge in [0, 0.05) is 26.7 Å². The van der Waals surface area contributed by atoms with Crippen molar-refractivity contribution >= 4 is 11.9 Å². The van der Waals surface area contributed by atoms with Crippen molar-refractivity contribution in [3.63, 3.8) is 0 Å². The molecule has 0 amide bonds. The Balaban J connectivity index is 2.75. The highest BCUT2D eigenvalue weighted by Crippen LogP contribution is 2.28. The fourth-order valence-electron chi connectivity index (χ4n) is 2.13. The number of unbranched alkanes of at least 4 members (excludes halogenated alkanes) is 2. The van der Waals surface area contributed by atoms with Crippen molar-refractivity contribution in [2.45, 2.75) is 44.9 Å². The zero-order valence-electron chi connectivity index (χ0n) is 14.4. The van der Waals surface area contributed by atoms with Gasteiger partial charge in [-0.1, -0.05) is 6.42 Å². The summed E-state index contributed by atoms with van der Waals surface area (Å²) in [5.74, 6) is -3.45. The van der Waals surface area contributed by atoms with E-state index < -0.39 is 42.0 Å². The quantitative estimate of drug-likeness (QED) is 0.280. The summed E-state index contributed by atoms with van der Waals surface area (Å²) in [6, 6.07) is 2.72. The molecule has 0 bridgehead atoms. The van der Waals surface area contributed by atoms with E-state index in [4.69, 9.17) is 4.74 Å². The monoisotopic (exact) mass is 380 g/mol. The maximum absolute atomic E-state index is 13.9. The lowest BCUT2D eigenvalue weighted by molar-refractivity contribution is -0.206. The van der Waals surface area contributed by atoms with Gasteiger partial charge in [-0.2, -0.15) is 13.2 Å². The number of rotatable bonds is 9. The first-order valence-electron chi connectivity index (χ1n) is 7.89. The van der Waals surface area contributed by atoms with Crippen molar-refractivity contribution in [2.75, 3.05) is 13.7 Å². The molecule has 146 valence electrons. The smallest absolute Gasteiger partial charge is 0.425 e. The Labute approximate surface area is 148 Å². The number of benzene rings is 1. The zero-order valence-corrected chi connectivity index (χ0v) is 14.4. The summed E-state index contributed by atoms with van der Waals surface area (Å²) in [5.41, 5.74) is -0.672. The van der Waals surface area contributed by atoms with Gasteiger partial charge >= 0.3 is 18.1 Å². The van der Waals surface area contributed by atoms with Crippen LogP contribution in [0, 0.1) is 5.82 Å². The van der Waals surface area contributed by atoms with Gasteiger partial charge in [-0.25, -0.2) is 9.18 Å². The fourth-order valence-corrected chi connectivity index (χ4v) is 2.13. The van der Waals surface area contributed by atoms with Gasteiger partial charge in [-0.15, -0.1) is 0 Å². The molecule has 0 aliphatic heterocycles. The summed E-state index contributed by atoms with van der Waals surface area (Å²) in [4.78, 5) is 22.7. The van der Waals surface area contributed by atoms with Crippen molar-refractivity contribution in [3.05, 3.63) is 29.6 Å². The SMILES string of the molecule is COCCCCCC(OC(=O)c1ccc(OC(C)=O)cc1F)C(F)(F)F. The maximum atomic E-state index is 13.9. The second-order valence-electron chi connectivity index (χ2n) is 5.51. The second kappa shape index (κ2) is 10.1. The maximum Gasteiger partial charge on any atom is 0.425 e. The van der Waals surface area contributed by atoms with Crippen LogP contribution in [0.15, 0.2) is 18.2 Å². The Morgan fingerprint density at radius 2 is 1.85 bits per heavy atom. The van der Waals surface area contributed by atoms with Gasteiger partial charge in [-0.05, 0) is 31.4 Å². The molecule has 1 unspecified atom stereocenters. The van der Waals surface area contributed by atoms with Crippen molar-refractivity contribution < 1.29 is 41.4 Å². The highest BCUT2D eigenvalue weighted by atomic mass is 19.4. The molecule has 0 aromatic heterocycles. The number of alkyl halides is 3. The predicted molar refractivity (Wildman–Crippen MR) is 83.3 cm³/mol. The summed E-state index contributed by atoms with van der Waals surface area (Å²) in [5, 5.41) is 0. The van der Waals surface area contributed by atoms with Crippen molar-refractivity contribution in [1.82, 2.24) is 0 Å². The van der Waals surface area contributed by atoms with Gasteiger partial charge in [0.05, 0.1) is 5.56 Å². The number of ether oxygens (including phenoxy) is 3. The van der Waals surface area contributed by atoms with Gasteiger partial charge in [-0.3, -0.25) is 4.79 Å². The van der Waals surface area contributed by atoms with Crippen LogP contribution in [0.25, 0.3) is 0 Å². The van der Waals surface area contributed by atoms with E-state index in [1.807, 2.05) is 0 Å². The fraction of sp³-hybridized carbons (Fsp3) is 0.529. The standard InChI is InChI=1S/C17H20F4O5/c1-11(22)25-12-7-8-13(14(18)10-12)16(23)26-15(17(19,20)21)6-4-3-5-9-24-2/h7-8,10,15H,3-6,9H2,1-2H3. The highest BCUT2D eigenvalue weighted by molar-refractivity contribution is 5.90. The summed E-state index contributed by atoms with van der Waals surface area (Å²) in [6.07, 6.45) is -6.28. The van der Waals surface area contributed by atoms with Crippen LogP contribution in [0.3, 0.4) is 0 Å². The Hall–Kier alpha value is -2.16. The van der Waals surface area contributed by atoms with Gasteiger partial charge in [0.1, 0.15) is 11.6 Å². The molecule has 0 saturated carbocycles. The molecule has 1 atom stereocenters. The Kier molecular flexibility index (Phi) is 8.50. The summed E-state index contributed by atoms with van der Waals surface area (Å²) < 4.78 is 66.9. The molecule has 1 aromatic rings. The molecule has 5 nitrogen and oxygen atoms in total. The van der Waals surface area contributed by atoms with Crippen LogP contribution in [-0.4, -0.2) is 37.9 Å². The van der Waals surface area contributed by atoms with Gasteiger partial charge in [0.2, 0.25) is 0 Å². The normalized spacial score (nSPS) is 12.5. The number of carbonyl (C=O) groups is 2. The highest BCUT2D eigenvalue weighted by Gasteiger charge is 2.42. The average Bonchev–Trinajstić information content (AvgIpc) is 2.51. The molecule has 0 radical (unpaired) electrons. The molecule has 26 heavy (non-hydrogen) atoms. The van der Waals surface area contributed by atoms with Crippen LogP contribution in [-0.2, 0) is 14.3 Å². The minimum absolute atomic E-state index is 0.169. The zero-order chi connectivity index (χ0) is 19.7. The van der Waals surface area contributed by atoms with E-state index in [2.05, 4.69) is 9.47 Å². The van der Waals surface area contributed by atoms with Crippen LogP contribution in [0.4, 0.5) is 17.6 Å². The lowest BCUT2D eigenvalue weighted by Gasteiger charge is -2.21. The molecule has 0 spiro atoms. The predicted octanol–water partition coefficient (Wildman–Crippen LogP) is 4.05. The Bertz CT molecular complexity index is 616. The first-order chi connectivity index (χ1) is 12.1. The van der Waals surface area contributed by atoms with Crippen molar-refractivity contribution in [2.24, 2.45) is 0 Å². The lowest BCUT2D eigenvalue weighted by Crippen LogP contribution is -2.34. The minimum Gasteiger partial charge on any atom is -0.449 e. The third kappa shape index (κ3) is 7.38. The summed E-state index contributed by atoms with van der Waals surface area (Å²) in [6.45, 7) is 1.52. The number of halogens is 4. The van der Waals surface area contributed by atoms with Crippen LogP contribution in [0.5, 0.6) is 5.75 Å². The van der Waals surface area contributed by atoms with E-state index in [1.54, 1.807) is 0 Å². The van der Waals surface area contributed by atoms with Crippen LogP contribution in [0.1, 0.15) is 43.0 Å². The molecule has 0 fully saturated rings. The van der Waals surface area contributed by atoms with Crippen molar-refractivity contribution in [3.8, 4) is 5.75 Å². The van der Waals surface area contributed by atoms with Crippen LogP contribution < -0.4 is 4.74 Å². The molecule has 0 N–H and O–H groups in total. The average molecular weight is 380 g/mol. The van der Waals surface area contributed by atoms with Crippen molar-refractivity contribution in [1.29, 1.82) is 0 Å². The third-order valence-electron chi connectivity index (χ3n) is 3.35. The molecule has 0 aliphatic rings. The summed E-state index contributed by atoms with van der Waals surface area (Å²) in [7, 11) is 1.49. The largest absolute Gasteiger partial charge is 0.449 e. The first kappa shape index (κ1) is 21.9. The third-order valence-corrected chi connectivity index (χ3v) is 3.35. The first-order valence-corrected chi connectivity index (χ1v) is 7.89. The molecule has 9 heteroatoms. The molecule has 1 rings (SSSR count). The number of methoxy groups -OCH3 is 1. The van der Waals surface area contributed by atoms with Crippen LogP contribution >= 0.6 is 0 Å². The Morgan fingerprint density at radius 1 is 1.15 bits per heavy atom. The second-order valence-corrected chi connectivity index (χ2v) is 5.51. The topological polar surface area (TPSA) is 61.8 Å². The molecule has 0 aliphatic carbocycles. The van der Waals surface area contributed by atoms with Crippen LogP contribution in [0.2, 0.25) is 0 Å². The van der Waals surface area contributed by atoms with Gasteiger partial charge < -0.3 is 14.2 Å². The molecule has 0 saturated heterocycles. The van der Waals surface area contributed by atoms with Gasteiger partial charge in [0.15, 0.2) is 6.10 Å². The minimum atomic E-state index is -4.76. The number of esters is 2. The number of hydrogen-bond donors (Lipinski definition) is 0. The van der Waals surface area contributed by atoms with E-state index in [0.29, 0.717) is 19.4 Å².